The Labute approximate surface area is 154 Å². The first-order valence-corrected chi connectivity index (χ1v) is 10.2. The zero-order chi connectivity index (χ0) is 18.0. The lowest BCUT2D eigenvalue weighted by atomic mass is 10.2. The van der Waals surface area contributed by atoms with Crippen LogP contribution in [0.4, 0.5) is 0 Å². The van der Waals surface area contributed by atoms with E-state index in [1.54, 1.807) is 18.5 Å². The Morgan fingerprint density at radius 2 is 1.88 bits per heavy atom. The maximum atomic E-state index is 12.6. The van der Waals surface area contributed by atoms with Gasteiger partial charge < -0.3 is 9.47 Å². The zero-order valence-electron chi connectivity index (χ0n) is 13.6. The van der Waals surface area contributed by atoms with Gasteiger partial charge in [0, 0.05) is 18.5 Å². The first kappa shape index (κ1) is 17.0. The number of benzene rings is 1. The molecule has 0 atom stereocenters. The summed E-state index contributed by atoms with van der Waals surface area (Å²) in [4.78, 5) is 9.65. The number of rotatable bonds is 5. The predicted molar refractivity (Wildman–Crippen MR) is 96.8 cm³/mol. The maximum Gasteiger partial charge on any atom is 0.241 e. The molecule has 0 saturated heterocycles. The Morgan fingerprint density at radius 1 is 1.08 bits per heavy atom. The predicted octanol–water partition coefficient (Wildman–Crippen LogP) is 2.45. The minimum absolute atomic E-state index is 0.0395. The number of thiophene rings is 1. The van der Waals surface area contributed by atoms with Crippen LogP contribution in [-0.2, 0) is 16.6 Å². The van der Waals surface area contributed by atoms with Crippen LogP contribution in [0, 0.1) is 0 Å². The van der Waals surface area contributed by atoms with Crippen molar-refractivity contribution in [2.75, 3.05) is 13.2 Å². The molecule has 4 rings (SSSR count). The van der Waals surface area contributed by atoms with E-state index in [0.29, 0.717) is 36.1 Å². The summed E-state index contributed by atoms with van der Waals surface area (Å²) in [7, 11) is -3.73. The van der Waals surface area contributed by atoms with Gasteiger partial charge in [-0.25, -0.2) is 13.1 Å². The van der Waals surface area contributed by atoms with Gasteiger partial charge >= 0.3 is 0 Å². The van der Waals surface area contributed by atoms with Crippen LogP contribution >= 0.6 is 11.3 Å². The minimum Gasteiger partial charge on any atom is -0.486 e. The van der Waals surface area contributed by atoms with Gasteiger partial charge in [-0.05, 0) is 23.6 Å². The zero-order valence-corrected chi connectivity index (χ0v) is 15.2. The van der Waals surface area contributed by atoms with Crippen molar-refractivity contribution in [2.24, 2.45) is 0 Å². The topological polar surface area (TPSA) is 90.4 Å². The van der Waals surface area contributed by atoms with Crippen LogP contribution in [0.1, 0.15) is 5.69 Å². The second kappa shape index (κ2) is 7.02. The molecule has 1 aliphatic heterocycles. The van der Waals surface area contributed by atoms with E-state index in [1.165, 1.54) is 23.5 Å². The van der Waals surface area contributed by atoms with E-state index in [4.69, 9.17) is 9.47 Å². The molecular formula is C17H15N3O4S2. The van der Waals surface area contributed by atoms with Crippen molar-refractivity contribution in [1.82, 2.24) is 14.7 Å². The second-order valence-electron chi connectivity index (χ2n) is 5.46. The molecule has 1 aliphatic rings. The largest absolute Gasteiger partial charge is 0.486 e. The first-order valence-electron chi connectivity index (χ1n) is 7.86. The number of nitrogens with zero attached hydrogens (tertiary/aromatic N) is 2. The molecule has 3 heterocycles. The molecule has 0 saturated carbocycles. The van der Waals surface area contributed by atoms with Crippen molar-refractivity contribution in [1.29, 1.82) is 0 Å². The Hall–Kier alpha value is -2.49. The molecular weight excluding hydrogens is 374 g/mol. The first-order chi connectivity index (χ1) is 12.6. The average molecular weight is 389 g/mol. The van der Waals surface area contributed by atoms with Crippen LogP contribution < -0.4 is 14.2 Å². The highest BCUT2D eigenvalue weighted by Crippen LogP contribution is 2.32. The fourth-order valence-corrected chi connectivity index (χ4v) is 4.30. The minimum atomic E-state index is -3.73. The highest BCUT2D eigenvalue weighted by Gasteiger charge is 2.20. The molecule has 1 N–H and O–H groups in total. The summed E-state index contributed by atoms with van der Waals surface area (Å²) in [5, 5.41) is 1.94. The highest BCUT2D eigenvalue weighted by molar-refractivity contribution is 7.89. The lowest BCUT2D eigenvalue weighted by Gasteiger charge is -2.19. The summed E-state index contributed by atoms with van der Waals surface area (Å²) in [6.45, 7) is 0.890. The molecule has 26 heavy (non-hydrogen) atoms. The Bertz CT molecular complexity index is 1020. The third-order valence-electron chi connectivity index (χ3n) is 3.78. The number of fused-ring (bicyclic) bond motifs is 1. The summed E-state index contributed by atoms with van der Waals surface area (Å²) in [5.74, 6) is 0.974. The number of hydrogen-bond donors (Lipinski definition) is 1. The second-order valence-corrected chi connectivity index (χ2v) is 8.17. The third-order valence-corrected chi connectivity index (χ3v) is 6.06. The number of sulfonamides is 1. The average Bonchev–Trinajstić information content (AvgIpc) is 3.21. The standard InChI is InChI=1S/C17H15N3O4S2/c21-26(22,12-3-4-14-15(10-12)24-8-7-23-14)20-11-13-17(19-6-5-18-13)16-2-1-9-25-16/h1-6,9-10,20H,7-8,11H2. The van der Waals surface area contributed by atoms with Gasteiger partial charge in [-0.2, -0.15) is 0 Å². The van der Waals surface area contributed by atoms with Crippen LogP contribution in [0.5, 0.6) is 11.5 Å². The quantitative estimate of drug-likeness (QED) is 0.721. The van der Waals surface area contributed by atoms with Crippen molar-refractivity contribution in [2.45, 2.75) is 11.4 Å². The molecule has 1 aromatic carbocycles. The molecule has 2 aromatic heterocycles. The lowest BCUT2D eigenvalue weighted by Crippen LogP contribution is -2.24. The maximum absolute atomic E-state index is 12.6. The van der Waals surface area contributed by atoms with E-state index in [9.17, 15) is 8.42 Å². The van der Waals surface area contributed by atoms with E-state index in [0.717, 1.165) is 4.88 Å². The normalized spacial score (nSPS) is 13.5. The van der Waals surface area contributed by atoms with Crippen LogP contribution in [0.25, 0.3) is 10.6 Å². The van der Waals surface area contributed by atoms with Gasteiger partial charge in [0.1, 0.15) is 18.9 Å². The van der Waals surface area contributed by atoms with Crippen LogP contribution in [0.2, 0.25) is 0 Å². The summed E-state index contributed by atoms with van der Waals surface area (Å²) >= 11 is 1.53. The van der Waals surface area contributed by atoms with Crippen LogP contribution in [0.15, 0.2) is 53.0 Å². The van der Waals surface area contributed by atoms with E-state index >= 15 is 0 Å². The van der Waals surface area contributed by atoms with Gasteiger partial charge in [0.2, 0.25) is 10.0 Å². The van der Waals surface area contributed by atoms with Crippen molar-refractivity contribution >= 4 is 21.4 Å². The number of nitrogens with one attached hydrogen (secondary N) is 1. The van der Waals surface area contributed by atoms with E-state index in [2.05, 4.69) is 14.7 Å². The van der Waals surface area contributed by atoms with Gasteiger partial charge in [-0.15, -0.1) is 11.3 Å². The number of ether oxygens (including phenoxy) is 2. The fourth-order valence-electron chi connectivity index (χ4n) is 2.55. The lowest BCUT2D eigenvalue weighted by molar-refractivity contribution is 0.171. The van der Waals surface area contributed by atoms with Gasteiger partial charge in [0.25, 0.3) is 0 Å². The van der Waals surface area contributed by atoms with E-state index in [-0.39, 0.29) is 11.4 Å². The van der Waals surface area contributed by atoms with Crippen molar-refractivity contribution < 1.29 is 17.9 Å². The molecule has 3 aromatic rings. The summed E-state index contributed by atoms with van der Waals surface area (Å²) in [6.07, 6.45) is 3.14. The van der Waals surface area contributed by atoms with Gasteiger partial charge in [-0.3, -0.25) is 9.97 Å². The smallest absolute Gasteiger partial charge is 0.241 e. The molecule has 0 bridgehead atoms. The molecule has 0 unspecified atom stereocenters. The van der Waals surface area contributed by atoms with Crippen molar-refractivity contribution in [3.8, 4) is 22.1 Å². The SMILES string of the molecule is O=S(=O)(NCc1nccnc1-c1cccs1)c1ccc2c(c1)OCCO2. The molecule has 0 aliphatic carbocycles. The molecule has 0 spiro atoms. The summed E-state index contributed by atoms with van der Waals surface area (Å²) < 4.78 is 38.7. The molecule has 0 radical (unpaired) electrons. The fraction of sp³-hybridized carbons (Fsp3) is 0.176. The Kier molecular flexibility index (Phi) is 4.58. The van der Waals surface area contributed by atoms with Crippen molar-refractivity contribution in [3.05, 3.63) is 53.8 Å². The molecule has 134 valence electrons. The van der Waals surface area contributed by atoms with E-state index < -0.39 is 10.0 Å². The summed E-state index contributed by atoms with van der Waals surface area (Å²) in [6, 6.07) is 8.40. The van der Waals surface area contributed by atoms with Gasteiger partial charge in [0.15, 0.2) is 11.5 Å². The Morgan fingerprint density at radius 3 is 2.69 bits per heavy atom. The molecule has 0 fully saturated rings. The van der Waals surface area contributed by atoms with Crippen LogP contribution in [0.3, 0.4) is 0 Å². The molecule has 9 heteroatoms. The number of aromatic nitrogens is 2. The van der Waals surface area contributed by atoms with Crippen LogP contribution in [-0.4, -0.2) is 31.6 Å². The summed E-state index contributed by atoms with van der Waals surface area (Å²) in [5.41, 5.74) is 1.24. The highest BCUT2D eigenvalue weighted by atomic mass is 32.2. The Balaban J connectivity index is 1.56. The van der Waals surface area contributed by atoms with Gasteiger partial charge in [0.05, 0.1) is 22.0 Å². The third kappa shape index (κ3) is 3.41. The number of hydrogen-bond acceptors (Lipinski definition) is 7. The van der Waals surface area contributed by atoms with E-state index in [1.807, 2.05) is 17.5 Å². The molecule has 0 amide bonds. The van der Waals surface area contributed by atoms with Gasteiger partial charge in [-0.1, -0.05) is 6.07 Å². The monoisotopic (exact) mass is 389 g/mol. The van der Waals surface area contributed by atoms with Crippen molar-refractivity contribution in [3.63, 3.8) is 0 Å². The molecule has 7 nitrogen and oxygen atoms in total.